The molecule has 2 N–H and O–H groups in total. The minimum atomic E-state index is -0.893. The largest absolute Gasteiger partial charge is 0.489 e. The van der Waals surface area contributed by atoms with E-state index in [-0.39, 0.29) is 24.7 Å². The van der Waals surface area contributed by atoms with Crippen molar-refractivity contribution in [2.24, 2.45) is 5.92 Å². The zero-order valence-electron chi connectivity index (χ0n) is 13.6. The van der Waals surface area contributed by atoms with Crippen LogP contribution < -0.4 is 10.1 Å². The smallest absolute Gasteiger partial charge is 0.303 e. The summed E-state index contributed by atoms with van der Waals surface area (Å²) in [4.78, 5) is 22.5. The molecule has 0 bridgehead atoms. The Balaban J connectivity index is 1.81. The Kier molecular flexibility index (Phi) is 6.37. The summed E-state index contributed by atoms with van der Waals surface area (Å²) < 4.78 is 5.68. The van der Waals surface area contributed by atoms with Crippen molar-refractivity contribution < 1.29 is 19.4 Å². The summed E-state index contributed by atoms with van der Waals surface area (Å²) in [7, 11) is 0. The first-order valence-electron chi connectivity index (χ1n) is 7.81. The molecule has 1 amide bonds. The molecule has 0 spiro atoms. The van der Waals surface area contributed by atoms with Gasteiger partial charge in [0, 0.05) is 18.5 Å². The predicted molar refractivity (Wildman–Crippen MR) is 91.9 cm³/mol. The molecule has 0 aliphatic rings. The van der Waals surface area contributed by atoms with Gasteiger partial charge in [-0.05, 0) is 35.7 Å². The Hall–Kier alpha value is -2.82. The van der Waals surface area contributed by atoms with E-state index in [1.165, 1.54) is 0 Å². The molecule has 2 rings (SSSR count). The van der Waals surface area contributed by atoms with Crippen LogP contribution in [0.4, 0.5) is 5.69 Å². The second-order valence-corrected chi connectivity index (χ2v) is 5.75. The number of carboxylic acid groups (broad SMARTS) is 1. The second kappa shape index (κ2) is 8.72. The third-order valence-corrected chi connectivity index (χ3v) is 3.44. The predicted octanol–water partition coefficient (Wildman–Crippen LogP) is 3.71. The molecule has 2 aromatic carbocycles. The van der Waals surface area contributed by atoms with E-state index in [0.29, 0.717) is 12.3 Å². The van der Waals surface area contributed by atoms with E-state index in [0.717, 1.165) is 11.3 Å². The maximum atomic E-state index is 11.9. The standard InChI is InChI=1S/C19H21NO4/c1-14(12-19(22)23)11-18(21)20-16-7-9-17(10-8-16)24-13-15-5-3-2-4-6-15/h2-10,14H,11-13H2,1H3,(H,20,21)(H,22,23)/t14-/m0/s1. The number of nitrogens with one attached hydrogen (secondary N) is 1. The summed E-state index contributed by atoms with van der Waals surface area (Å²) >= 11 is 0. The van der Waals surface area contributed by atoms with Crippen LogP contribution in [0.5, 0.6) is 5.75 Å². The summed E-state index contributed by atoms with van der Waals surface area (Å²) in [6.07, 6.45) is 0.165. The van der Waals surface area contributed by atoms with Gasteiger partial charge in [-0.25, -0.2) is 0 Å². The van der Waals surface area contributed by atoms with E-state index in [9.17, 15) is 9.59 Å². The van der Waals surface area contributed by atoms with Gasteiger partial charge >= 0.3 is 5.97 Å². The first-order chi connectivity index (χ1) is 11.5. The van der Waals surface area contributed by atoms with Gasteiger partial charge in [-0.2, -0.15) is 0 Å². The third kappa shape index (κ3) is 6.12. The number of rotatable bonds is 8. The third-order valence-electron chi connectivity index (χ3n) is 3.44. The molecule has 5 heteroatoms. The van der Waals surface area contributed by atoms with Gasteiger partial charge in [0.05, 0.1) is 0 Å². The van der Waals surface area contributed by atoms with Crippen LogP contribution in [-0.2, 0) is 16.2 Å². The van der Waals surface area contributed by atoms with Gasteiger partial charge in [0.25, 0.3) is 0 Å². The Morgan fingerprint density at radius 2 is 1.71 bits per heavy atom. The molecule has 2 aromatic rings. The molecule has 5 nitrogen and oxygen atoms in total. The van der Waals surface area contributed by atoms with E-state index >= 15 is 0 Å². The Labute approximate surface area is 141 Å². The highest BCUT2D eigenvalue weighted by Gasteiger charge is 2.12. The number of carboxylic acids is 1. The molecule has 0 radical (unpaired) electrons. The fourth-order valence-corrected chi connectivity index (χ4v) is 2.27. The molecular weight excluding hydrogens is 306 g/mol. The van der Waals surface area contributed by atoms with E-state index in [4.69, 9.17) is 9.84 Å². The SMILES string of the molecule is C[C@H](CC(=O)O)CC(=O)Nc1ccc(OCc2ccccc2)cc1. The summed E-state index contributed by atoms with van der Waals surface area (Å²) in [5.41, 5.74) is 1.75. The van der Waals surface area contributed by atoms with E-state index < -0.39 is 5.97 Å². The van der Waals surface area contributed by atoms with Crippen molar-refractivity contribution in [3.8, 4) is 5.75 Å². The van der Waals surface area contributed by atoms with Gasteiger partial charge in [0.2, 0.25) is 5.91 Å². The number of ether oxygens (including phenoxy) is 1. The molecule has 0 aliphatic heterocycles. The van der Waals surface area contributed by atoms with Gasteiger partial charge in [-0.15, -0.1) is 0 Å². The monoisotopic (exact) mass is 327 g/mol. The number of benzene rings is 2. The lowest BCUT2D eigenvalue weighted by atomic mass is 10.0. The van der Waals surface area contributed by atoms with Crippen molar-refractivity contribution in [1.29, 1.82) is 0 Å². The molecule has 0 saturated carbocycles. The first-order valence-corrected chi connectivity index (χ1v) is 7.81. The van der Waals surface area contributed by atoms with E-state index in [1.54, 1.807) is 31.2 Å². The summed E-state index contributed by atoms with van der Waals surface area (Å²) in [6.45, 7) is 2.23. The molecule has 0 unspecified atom stereocenters. The molecule has 1 atom stereocenters. The maximum absolute atomic E-state index is 11.9. The summed E-state index contributed by atoms with van der Waals surface area (Å²) in [5, 5.41) is 11.5. The zero-order valence-corrected chi connectivity index (χ0v) is 13.6. The number of aliphatic carboxylic acids is 1. The van der Waals surface area contributed by atoms with Crippen LogP contribution in [0, 0.1) is 5.92 Å². The Morgan fingerprint density at radius 1 is 1.04 bits per heavy atom. The van der Waals surface area contributed by atoms with Crippen LogP contribution in [0.2, 0.25) is 0 Å². The fourth-order valence-electron chi connectivity index (χ4n) is 2.27. The topological polar surface area (TPSA) is 75.6 Å². The fraction of sp³-hybridized carbons (Fsp3) is 0.263. The highest BCUT2D eigenvalue weighted by Crippen LogP contribution is 2.18. The Bertz CT molecular complexity index is 668. The summed E-state index contributed by atoms with van der Waals surface area (Å²) in [5.74, 6) is -0.566. The Morgan fingerprint density at radius 3 is 2.33 bits per heavy atom. The lowest BCUT2D eigenvalue weighted by Gasteiger charge is -2.10. The molecule has 0 fully saturated rings. The van der Waals surface area contributed by atoms with Gasteiger partial charge in [0.1, 0.15) is 12.4 Å². The number of carbonyl (C=O) groups excluding carboxylic acids is 1. The molecule has 0 aromatic heterocycles. The van der Waals surface area contributed by atoms with E-state index in [2.05, 4.69) is 5.32 Å². The number of carbonyl (C=O) groups is 2. The number of anilines is 1. The number of hydrogen-bond donors (Lipinski definition) is 2. The van der Waals surface area contributed by atoms with E-state index in [1.807, 2.05) is 30.3 Å². The normalized spacial score (nSPS) is 11.5. The molecule has 0 saturated heterocycles. The van der Waals surface area contributed by atoms with Crippen LogP contribution in [-0.4, -0.2) is 17.0 Å². The number of hydrogen-bond acceptors (Lipinski definition) is 3. The quantitative estimate of drug-likeness (QED) is 0.775. The molecule has 0 heterocycles. The zero-order chi connectivity index (χ0) is 17.4. The van der Waals surface area contributed by atoms with Crippen LogP contribution in [0.3, 0.4) is 0 Å². The van der Waals surface area contributed by atoms with Crippen LogP contribution in [0.25, 0.3) is 0 Å². The number of amides is 1. The highest BCUT2D eigenvalue weighted by molar-refractivity contribution is 5.91. The van der Waals surface area contributed by atoms with Crippen LogP contribution >= 0.6 is 0 Å². The maximum Gasteiger partial charge on any atom is 0.303 e. The molecule has 126 valence electrons. The van der Waals surface area contributed by atoms with Crippen molar-refractivity contribution in [2.75, 3.05) is 5.32 Å². The minimum Gasteiger partial charge on any atom is -0.489 e. The lowest BCUT2D eigenvalue weighted by molar-refractivity contribution is -0.138. The minimum absolute atomic E-state index is 0.0142. The van der Waals surface area contributed by atoms with Gasteiger partial charge in [0.15, 0.2) is 0 Å². The van der Waals surface area contributed by atoms with Crippen molar-refractivity contribution in [2.45, 2.75) is 26.4 Å². The van der Waals surface area contributed by atoms with Gasteiger partial charge < -0.3 is 15.2 Å². The summed E-state index contributed by atoms with van der Waals surface area (Å²) in [6, 6.07) is 17.0. The lowest BCUT2D eigenvalue weighted by Crippen LogP contribution is -2.16. The van der Waals surface area contributed by atoms with Crippen molar-refractivity contribution >= 4 is 17.6 Å². The van der Waals surface area contributed by atoms with Crippen LogP contribution in [0.1, 0.15) is 25.3 Å². The second-order valence-electron chi connectivity index (χ2n) is 5.75. The van der Waals surface area contributed by atoms with Crippen LogP contribution in [0.15, 0.2) is 54.6 Å². The van der Waals surface area contributed by atoms with Crippen molar-refractivity contribution in [1.82, 2.24) is 0 Å². The van der Waals surface area contributed by atoms with Gasteiger partial charge in [-0.1, -0.05) is 37.3 Å². The van der Waals surface area contributed by atoms with Crippen molar-refractivity contribution in [3.05, 3.63) is 60.2 Å². The highest BCUT2D eigenvalue weighted by atomic mass is 16.5. The van der Waals surface area contributed by atoms with Gasteiger partial charge in [-0.3, -0.25) is 9.59 Å². The average molecular weight is 327 g/mol. The first kappa shape index (κ1) is 17.5. The molecule has 24 heavy (non-hydrogen) atoms. The molecule has 0 aliphatic carbocycles. The average Bonchev–Trinajstić information content (AvgIpc) is 2.54. The molecular formula is C19H21NO4. The van der Waals surface area contributed by atoms with Crippen molar-refractivity contribution in [3.63, 3.8) is 0 Å².